The number of carbonyl (C=O) groups excluding carboxylic acids is 1. The van der Waals surface area contributed by atoms with Crippen LogP contribution in [0.5, 0.6) is 0 Å². The summed E-state index contributed by atoms with van der Waals surface area (Å²) in [5.74, 6) is -1.52. The van der Waals surface area contributed by atoms with Gasteiger partial charge in [-0.15, -0.1) is 0 Å². The van der Waals surface area contributed by atoms with Gasteiger partial charge in [-0.3, -0.25) is 9.78 Å². The van der Waals surface area contributed by atoms with Crippen molar-refractivity contribution in [2.24, 2.45) is 0 Å². The van der Waals surface area contributed by atoms with Gasteiger partial charge in [0, 0.05) is 23.5 Å². The van der Waals surface area contributed by atoms with E-state index in [0.29, 0.717) is 30.4 Å². The van der Waals surface area contributed by atoms with Gasteiger partial charge < -0.3 is 14.5 Å². The standard InChI is InChI=1S/C20H24N4O2.C2HF3O2/c1-6-24(11-18-22-19(12(2)3)23-26-18)20(25)16-10-14(5)21-17-8-7-13(4)9-15(16)17;3-2(4,5)1(6)7/h7-10,12H,6,11H2,1-5H3;(H,6,7). The fourth-order valence-electron chi connectivity index (χ4n) is 2.88. The van der Waals surface area contributed by atoms with Crippen LogP contribution < -0.4 is 0 Å². The lowest BCUT2D eigenvalue weighted by Crippen LogP contribution is -2.30. The number of fused-ring (bicyclic) bond motifs is 1. The topological polar surface area (TPSA) is 109 Å². The van der Waals surface area contributed by atoms with Crippen molar-refractivity contribution >= 4 is 22.8 Å². The van der Waals surface area contributed by atoms with E-state index < -0.39 is 12.1 Å². The molecule has 11 heteroatoms. The van der Waals surface area contributed by atoms with Crippen molar-refractivity contribution in [1.82, 2.24) is 20.0 Å². The molecule has 178 valence electrons. The first kappa shape index (κ1) is 25.8. The van der Waals surface area contributed by atoms with E-state index in [9.17, 15) is 18.0 Å². The van der Waals surface area contributed by atoms with Crippen LogP contribution in [0.1, 0.15) is 60.0 Å². The number of aryl methyl sites for hydroxylation is 2. The third-order valence-electron chi connectivity index (χ3n) is 4.56. The molecule has 0 aliphatic carbocycles. The summed E-state index contributed by atoms with van der Waals surface area (Å²) in [4.78, 5) is 32.7. The fraction of sp³-hybridized carbons (Fsp3) is 0.409. The maximum atomic E-state index is 13.2. The van der Waals surface area contributed by atoms with E-state index in [0.717, 1.165) is 22.2 Å². The minimum atomic E-state index is -5.08. The van der Waals surface area contributed by atoms with Gasteiger partial charge in [-0.1, -0.05) is 30.6 Å². The molecule has 0 saturated carbocycles. The van der Waals surface area contributed by atoms with Crippen LogP contribution in [-0.2, 0) is 11.3 Å². The van der Waals surface area contributed by atoms with Crippen molar-refractivity contribution in [3.63, 3.8) is 0 Å². The maximum Gasteiger partial charge on any atom is 0.490 e. The molecule has 33 heavy (non-hydrogen) atoms. The summed E-state index contributed by atoms with van der Waals surface area (Å²) < 4.78 is 37.0. The lowest BCUT2D eigenvalue weighted by Gasteiger charge is -2.20. The lowest BCUT2D eigenvalue weighted by atomic mass is 10.0. The van der Waals surface area contributed by atoms with Crippen LogP contribution in [0.25, 0.3) is 10.9 Å². The van der Waals surface area contributed by atoms with E-state index in [2.05, 4.69) is 15.1 Å². The minimum absolute atomic E-state index is 0.0575. The van der Waals surface area contributed by atoms with E-state index in [1.54, 1.807) is 4.90 Å². The van der Waals surface area contributed by atoms with Gasteiger partial charge in [0.2, 0.25) is 5.89 Å². The second-order valence-corrected chi connectivity index (χ2v) is 7.66. The quantitative estimate of drug-likeness (QED) is 0.583. The number of aliphatic carboxylic acids is 1. The van der Waals surface area contributed by atoms with Crippen molar-refractivity contribution < 1.29 is 32.4 Å². The van der Waals surface area contributed by atoms with Crippen LogP contribution in [0.2, 0.25) is 0 Å². The van der Waals surface area contributed by atoms with Crippen LogP contribution >= 0.6 is 0 Å². The molecule has 1 N–H and O–H groups in total. The Kier molecular flexibility index (Phi) is 8.13. The predicted molar refractivity (Wildman–Crippen MR) is 114 cm³/mol. The van der Waals surface area contributed by atoms with Crippen molar-refractivity contribution in [2.75, 3.05) is 6.54 Å². The number of alkyl halides is 3. The van der Waals surface area contributed by atoms with Gasteiger partial charge in [0.1, 0.15) is 6.54 Å². The molecule has 3 rings (SSSR count). The van der Waals surface area contributed by atoms with Crippen LogP contribution in [0, 0.1) is 13.8 Å². The van der Waals surface area contributed by atoms with Gasteiger partial charge >= 0.3 is 12.1 Å². The normalized spacial score (nSPS) is 11.3. The van der Waals surface area contributed by atoms with Crippen molar-refractivity contribution in [1.29, 1.82) is 0 Å². The Hall–Kier alpha value is -3.50. The number of aromatic nitrogens is 3. The number of hydrogen-bond donors (Lipinski definition) is 1. The molecule has 8 nitrogen and oxygen atoms in total. The molecule has 0 fully saturated rings. The molecular weight excluding hydrogens is 441 g/mol. The molecule has 1 amide bonds. The second kappa shape index (κ2) is 10.4. The number of hydrogen-bond acceptors (Lipinski definition) is 6. The molecule has 0 radical (unpaired) electrons. The number of carbonyl (C=O) groups is 2. The number of pyridine rings is 1. The smallest absolute Gasteiger partial charge is 0.475 e. The Labute approximate surface area is 188 Å². The predicted octanol–water partition coefficient (Wildman–Crippen LogP) is 4.65. The Morgan fingerprint density at radius 3 is 2.30 bits per heavy atom. The number of amides is 1. The van der Waals surface area contributed by atoms with Gasteiger partial charge in [0.25, 0.3) is 5.91 Å². The monoisotopic (exact) mass is 466 g/mol. The fourth-order valence-corrected chi connectivity index (χ4v) is 2.88. The number of benzene rings is 1. The zero-order valence-corrected chi connectivity index (χ0v) is 18.9. The molecular formula is C22H25F3N4O4. The third kappa shape index (κ3) is 6.74. The zero-order valence-electron chi connectivity index (χ0n) is 18.9. The van der Waals surface area contributed by atoms with E-state index >= 15 is 0 Å². The third-order valence-corrected chi connectivity index (χ3v) is 4.56. The largest absolute Gasteiger partial charge is 0.490 e. The van der Waals surface area contributed by atoms with Crippen LogP contribution in [-0.4, -0.2) is 49.7 Å². The summed E-state index contributed by atoms with van der Waals surface area (Å²) in [5, 5.41) is 12.0. The summed E-state index contributed by atoms with van der Waals surface area (Å²) in [7, 11) is 0. The maximum absolute atomic E-state index is 13.2. The molecule has 0 atom stereocenters. The molecule has 0 spiro atoms. The first-order valence-electron chi connectivity index (χ1n) is 10.1. The Bertz CT molecular complexity index is 1140. The Morgan fingerprint density at radius 1 is 1.15 bits per heavy atom. The van der Waals surface area contributed by atoms with E-state index in [4.69, 9.17) is 14.4 Å². The Morgan fingerprint density at radius 2 is 1.79 bits per heavy atom. The number of nitrogens with zero attached hydrogens (tertiary/aromatic N) is 4. The second-order valence-electron chi connectivity index (χ2n) is 7.66. The number of halogens is 3. The molecule has 2 heterocycles. The van der Waals surface area contributed by atoms with E-state index in [1.807, 2.05) is 58.9 Å². The number of carboxylic acids is 1. The highest BCUT2D eigenvalue weighted by atomic mass is 19.4. The lowest BCUT2D eigenvalue weighted by molar-refractivity contribution is -0.192. The van der Waals surface area contributed by atoms with Gasteiger partial charge in [-0.2, -0.15) is 18.2 Å². The van der Waals surface area contributed by atoms with E-state index in [1.165, 1.54) is 0 Å². The molecule has 0 aliphatic rings. The molecule has 2 aromatic heterocycles. The number of carboxylic acid groups (broad SMARTS) is 1. The highest BCUT2D eigenvalue weighted by molar-refractivity contribution is 6.06. The summed E-state index contributed by atoms with van der Waals surface area (Å²) in [6, 6.07) is 7.82. The first-order valence-corrected chi connectivity index (χ1v) is 10.1. The van der Waals surface area contributed by atoms with Gasteiger partial charge in [0.15, 0.2) is 5.82 Å². The molecule has 0 aliphatic heterocycles. The summed E-state index contributed by atoms with van der Waals surface area (Å²) in [6.45, 7) is 10.7. The van der Waals surface area contributed by atoms with Gasteiger partial charge in [0.05, 0.1) is 11.1 Å². The summed E-state index contributed by atoms with van der Waals surface area (Å²) >= 11 is 0. The zero-order chi connectivity index (χ0) is 24.9. The Balaban J connectivity index is 0.000000479. The average Bonchev–Trinajstić information content (AvgIpc) is 3.20. The van der Waals surface area contributed by atoms with Crippen LogP contribution in [0.15, 0.2) is 28.8 Å². The van der Waals surface area contributed by atoms with Crippen LogP contribution in [0.4, 0.5) is 13.2 Å². The highest BCUT2D eigenvalue weighted by Gasteiger charge is 2.38. The van der Waals surface area contributed by atoms with Gasteiger partial charge in [-0.25, -0.2) is 4.79 Å². The summed E-state index contributed by atoms with van der Waals surface area (Å²) in [6.07, 6.45) is -5.08. The minimum Gasteiger partial charge on any atom is -0.475 e. The first-order chi connectivity index (χ1) is 15.3. The molecule has 0 unspecified atom stereocenters. The van der Waals surface area contributed by atoms with Crippen molar-refractivity contribution in [3.8, 4) is 0 Å². The SMILES string of the molecule is CCN(Cc1nc(C(C)C)no1)C(=O)c1cc(C)nc2ccc(C)cc12.O=C(O)C(F)(F)F. The average molecular weight is 466 g/mol. The van der Waals surface area contributed by atoms with Crippen molar-refractivity contribution in [2.45, 2.75) is 53.3 Å². The molecule has 1 aromatic carbocycles. The molecule has 0 saturated heterocycles. The van der Waals surface area contributed by atoms with Crippen LogP contribution in [0.3, 0.4) is 0 Å². The number of rotatable bonds is 5. The molecule has 3 aromatic rings. The van der Waals surface area contributed by atoms with E-state index in [-0.39, 0.29) is 11.8 Å². The molecule has 0 bridgehead atoms. The summed E-state index contributed by atoms with van der Waals surface area (Å²) in [5.41, 5.74) is 3.40. The highest BCUT2D eigenvalue weighted by Crippen LogP contribution is 2.22. The van der Waals surface area contributed by atoms with Crippen molar-refractivity contribution in [3.05, 3.63) is 52.8 Å². The van der Waals surface area contributed by atoms with Gasteiger partial charge in [-0.05, 0) is 39.0 Å².